The van der Waals surface area contributed by atoms with Crippen LogP contribution in [0.2, 0.25) is 5.02 Å². The van der Waals surface area contributed by atoms with E-state index in [0.29, 0.717) is 23.7 Å². The molecule has 1 saturated carbocycles. The molecule has 1 amide bonds. The Morgan fingerprint density at radius 2 is 1.74 bits per heavy atom. The van der Waals surface area contributed by atoms with Gasteiger partial charge in [0.1, 0.15) is 11.5 Å². The first-order valence-electron chi connectivity index (χ1n) is 11.9. The van der Waals surface area contributed by atoms with Gasteiger partial charge in [-0.1, -0.05) is 48.2 Å². The van der Waals surface area contributed by atoms with E-state index in [1.807, 2.05) is 29.2 Å². The number of hydrogen-bond donors (Lipinski definition) is 1. The van der Waals surface area contributed by atoms with Crippen molar-refractivity contribution >= 4 is 17.5 Å². The number of likely N-dealkylation sites (tertiary alicyclic amines) is 1. The van der Waals surface area contributed by atoms with Crippen molar-refractivity contribution in [1.82, 2.24) is 19.9 Å². The molecule has 1 aromatic heterocycles. The van der Waals surface area contributed by atoms with E-state index in [2.05, 4.69) is 10.3 Å². The van der Waals surface area contributed by atoms with Gasteiger partial charge in [-0.3, -0.25) is 4.79 Å². The predicted molar refractivity (Wildman–Crippen MR) is 128 cm³/mol. The van der Waals surface area contributed by atoms with Gasteiger partial charge in [-0.05, 0) is 54.8 Å². The predicted octanol–water partition coefficient (Wildman–Crippen LogP) is 5.19. The molecule has 1 N–H and O–H groups in total. The Labute approximate surface area is 203 Å². The summed E-state index contributed by atoms with van der Waals surface area (Å²) < 4.78 is 14.9. The number of nitrogens with zero attached hydrogens (tertiary/aromatic N) is 4. The fourth-order valence-corrected chi connectivity index (χ4v) is 5.37. The third kappa shape index (κ3) is 4.72. The van der Waals surface area contributed by atoms with Crippen molar-refractivity contribution in [2.75, 3.05) is 6.54 Å². The Balaban J connectivity index is 1.43. The number of halogens is 2. The van der Waals surface area contributed by atoms with E-state index < -0.39 is 12.1 Å². The molecule has 3 atom stereocenters. The third-order valence-electron chi connectivity index (χ3n) is 7.15. The van der Waals surface area contributed by atoms with Gasteiger partial charge in [0.2, 0.25) is 5.91 Å². The summed E-state index contributed by atoms with van der Waals surface area (Å²) in [5.74, 6) is -0.149. The van der Waals surface area contributed by atoms with Crippen LogP contribution in [0.5, 0.6) is 0 Å². The Hall–Kier alpha value is -2.77. The summed E-state index contributed by atoms with van der Waals surface area (Å²) in [5, 5.41) is 20.3. The highest BCUT2D eigenvalue weighted by atomic mass is 35.5. The lowest BCUT2D eigenvalue weighted by atomic mass is 9.85. The van der Waals surface area contributed by atoms with E-state index in [4.69, 9.17) is 11.6 Å². The molecular formula is C26H28ClFN4O2. The number of benzene rings is 2. The molecule has 8 heteroatoms. The molecular weight excluding hydrogens is 455 g/mol. The van der Waals surface area contributed by atoms with Crippen LogP contribution in [0, 0.1) is 11.7 Å². The zero-order chi connectivity index (χ0) is 23.7. The van der Waals surface area contributed by atoms with Gasteiger partial charge in [0.05, 0.1) is 24.4 Å². The SMILES string of the molecule is O=C(C1CCCCC1)N1C[C@H](n2cc(-c3ccc(F)cc3)nn2)[C@H](O)C[C@@H]1c1ccc(Cl)cc1. The van der Waals surface area contributed by atoms with E-state index in [9.17, 15) is 14.3 Å². The standard InChI is InChI=1S/C26H28ClFN4O2/c27-20-10-6-18(7-11-20)23-14-25(33)24(16-31(23)26(34)19-4-2-1-3-5-19)32-15-22(29-30-32)17-8-12-21(28)13-9-17/h6-13,15,19,23-25,33H,1-5,14,16H2/t23-,24+,25-/m1/s1. The monoisotopic (exact) mass is 482 g/mol. The third-order valence-corrected chi connectivity index (χ3v) is 7.40. The fraction of sp³-hybridized carbons (Fsp3) is 0.423. The summed E-state index contributed by atoms with van der Waals surface area (Å²) >= 11 is 6.10. The number of carbonyl (C=O) groups is 1. The lowest BCUT2D eigenvalue weighted by Gasteiger charge is -2.44. The number of carbonyl (C=O) groups excluding carboxylic acids is 1. The molecule has 1 saturated heterocycles. The van der Waals surface area contributed by atoms with E-state index in [1.165, 1.54) is 18.6 Å². The molecule has 1 aliphatic heterocycles. The van der Waals surface area contributed by atoms with Crippen molar-refractivity contribution in [3.8, 4) is 11.3 Å². The molecule has 178 valence electrons. The number of aromatic nitrogens is 3. The van der Waals surface area contributed by atoms with Gasteiger partial charge >= 0.3 is 0 Å². The highest BCUT2D eigenvalue weighted by Crippen LogP contribution is 2.39. The lowest BCUT2D eigenvalue weighted by molar-refractivity contribution is -0.144. The van der Waals surface area contributed by atoms with Crippen LogP contribution in [0.1, 0.15) is 56.2 Å². The molecule has 2 aliphatic rings. The molecule has 34 heavy (non-hydrogen) atoms. The molecule has 5 rings (SSSR count). The van der Waals surface area contributed by atoms with Gasteiger partial charge in [-0.25, -0.2) is 9.07 Å². The maximum Gasteiger partial charge on any atom is 0.226 e. The first kappa shape index (κ1) is 23.0. The molecule has 0 radical (unpaired) electrons. The van der Waals surface area contributed by atoms with Crippen LogP contribution >= 0.6 is 11.6 Å². The number of piperidine rings is 1. The van der Waals surface area contributed by atoms with Crippen LogP contribution in [0.3, 0.4) is 0 Å². The zero-order valence-electron chi connectivity index (χ0n) is 18.9. The Morgan fingerprint density at radius 1 is 1.03 bits per heavy atom. The minimum Gasteiger partial charge on any atom is -0.391 e. The minimum atomic E-state index is -0.709. The smallest absolute Gasteiger partial charge is 0.226 e. The zero-order valence-corrected chi connectivity index (χ0v) is 19.6. The van der Waals surface area contributed by atoms with Crippen LogP contribution in [-0.4, -0.2) is 43.6 Å². The van der Waals surface area contributed by atoms with Crippen LogP contribution < -0.4 is 0 Å². The molecule has 1 aliphatic carbocycles. The average molecular weight is 483 g/mol. The molecule has 2 fully saturated rings. The molecule has 2 aromatic carbocycles. The van der Waals surface area contributed by atoms with Crippen molar-refractivity contribution in [2.45, 2.75) is 56.7 Å². The van der Waals surface area contributed by atoms with Crippen molar-refractivity contribution in [3.63, 3.8) is 0 Å². The summed E-state index contributed by atoms with van der Waals surface area (Å²) in [6.07, 6.45) is 6.60. The topological polar surface area (TPSA) is 71.2 Å². The summed E-state index contributed by atoms with van der Waals surface area (Å²) in [7, 11) is 0. The second-order valence-electron chi connectivity index (χ2n) is 9.35. The summed E-state index contributed by atoms with van der Waals surface area (Å²) in [4.78, 5) is 15.6. The molecule has 2 heterocycles. The molecule has 6 nitrogen and oxygen atoms in total. The van der Waals surface area contributed by atoms with Crippen LogP contribution in [0.25, 0.3) is 11.3 Å². The van der Waals surface area contributed by atoms with Gasteiger partial charge in [-0.2, -0.15) is 0 Å². The quantitative estimate of drug-likeness (QED) is 0.555. The van der Waals surface area contributed by atoms with Gasteiger partial charge in [0.25, 0.3) is 0 Å². The van der Waals surface area contributed by atoms with E-state index in [1.54, 1.807) is 23.0 Å². The van der Waals surface area contributed by atoms with E-state index in [-0.39, 0.29) is 23.7 Å². The number of aliphatic hydroxyl groups excluding tert-OH is 1. The van der Waals surface area contributed by atoms with Crippen molar-refractivity contribution in [2.24, 2.45) is 5.92 Å². The Kier molecular flexibility index (Phi) is 6.66. The Bertz CT molecular complexity index is 1130. The molecule has 3 aromatic rings. The summed E-state index contributed by atoms with van der Waals surface area (Å²) in [6.45, 7) is 0.343. The van der Waals surface area contributed by atoms with Gasteiger partial charge in [-0.15, -0.1) is 5.10 Å². The van der Waals surface area contributed by atoms with E-state index >= 15 is 0 Å². The molecule has 0 unspecified atom stereocenters. The maximum atomic E-state index is 13.7. The van der Waals surface area contributed by atoms with E-state index in [0.717, 1.165) is 36.8 Å². The number of hydrogen-bond acceptors (Lipinski definition) is 4. The Morgan fingerprint density at radius 3 is 2.44 bits per heavy atom. The first-order chi connectivity index (χ1) is 16.5. The van der Waals surface area contributed by atoms with Crippen LogP contribution in [0.15, 0.2) is 54.7 Å². The second-order valence-corrected chi connectivity index (χ2v) is 9.79. The van der Waals surface area contributed by atoms with Gasteiger partial charge < -0.3 is 10.0 Å². The van der Waals surface area contributed by atoms with Crippen molar-refractivity contribution in [3.05, 3.63) is 71.1 Å². The summed E-state index contributed by atoms with van der Waals surface area (Å²) in [6, 6.07) is 12.9. The highest BCUT2D eigenvalue weighted by Gasteiger charge is 2.41. The van der Waals surface area contributed by atoms with Crippen molar-refractivity contribution < 1.29 is 14.3 Å². The average Bonchev–Trinajstić information content (AvgIpc) is 3.35. The molecule has 0 spiro atoms. The number of amides is 1. The number of rotatable bonds is 4. The van der Waals surface area contributed by atoms with Gasteiger partial charge in [0.15, 0.2) is 0 Å². The second kappa shape index (κ2) is 9.84. The number of aliphatic hydroxyl groups is 1. The first-order valence-corrected chi connectivity index (χ1v) is 12.3. The lowest BCUT2D eigenvalue weighted by Crippen LogP contribution is -2.50. The maximum absolute atomic E-state index is 13.7. The normalized spacial score (nSPS) is 23.7. The van der Waals surface area contributed by atoms with Crippen LogP contribution in [-0.2, 0) is 4.79 Å². The fourth-order valence-electron chi connectivity index (χ4n) is 5.24. The largest absolute Gasteiger partial charge is 0.391 e. The van der Waals surface area contributed by atoms with Crippen molar-refractivity contribution in [1.29, 1.82) is 0 Å². The van der Waals surface area contributed by atoms with Crippen LogP contribution in [0.4, 0.5) is 4.39 Å². The van der Waals surface area contributed by atoms with Gasteiger partial charge in [0, 0.05) is 29.5 Å². The summed E-state index contributed by atoms with van der Waals surface area (Å²) in [5.41, 5.74) is 2.31. The minimum absolute atomic E-state index is 0.0185. The molecule has 0 bridgehead atoms. The highest BCUT2D eigenvalue weighted by molar-refractivity contribution is 6.30.